The Hall–Kier alpha value is -2.69. The number of pyridine rings is 1. The predicted molar refractivity (Wildman–Crippen MR) is 75.3 cm³/mol. The minimum atomic E-state index is -1.04. The van der Waals surface area contributed by atoms with E-state index in [0.717, 1.165) is 22.3 Å². The van der Waals surface area contributed by atoms with Crippen LogP contribution in [0.15, 0.2) is 36.4 Å². The number of aromatic nitrogens is 3. The van der Waals surface area contributed by atoms with Gasteiger partial charge in [0.2, 0.25) is 0 Å². The first-order valence-corrected chi connectivity index (χ1v) is 6.23. The summed E-state index contributed by atoms with van der Waals surface area (Å²) in [6.45, 7) is 3.87. The topological polar surface area (TPSA) is 68.0 Å². The Labute approximate surface area is 115 Å². The second-order valence-corrected chi connectivity index (χ2v) is 4.66. The van der Waals surface area contributed by atoms with Crippen LogP contribution >= 0.6 is 0 Å². The molecule has 5 heteroatoms. The van der Waals surface area contributed by atoms with Crippen LogP contribution in [0.5, 0.6) is 0 Å². The molecule has 100 valence electrons. The van der Waals surface area contributed by atoms with Gasteiger partial charge >= 0.3 is 5.97 Å². The number of fused-ring (bicyclic) bond motifs is 1. The van der Waals surface area contributed by atoms with Gasteiger partial charge in [-0.3, -0.25) is 0 Å². The van der Waals surface area contributed by atoms with Gasteiger partial charge in [-0.15, -0.1) is 0 Å². The number of benzene rings is 1. The number of hydrogen-bond donors (Lipinski definition) is 1. The molecule has 1 aromatic carbocycles. The van der Waals surface area contributed by atoms with Crippen molar-refractivity contribution in [3.63, 3.8) is 0 Å². The molecule has 1 N–H and O–H groups in total. The zero-order valence-electron chi connectivity index (χ0n) is 11.2. The van der Waals surface area contributed by atoms with Gasteiger partial charge in [0.05, 0.1) is 11.4 Å². The summed E-state index contributed by atoms with van der Waals surface area (Å²) in [6.07, 6.45) is 0. The van der Waals surface area contributed by atoms with Crippen molar-refractivity contribution in [2.24, 2.45) is 0 Å². The van der Waals surface area contributed by atoms with Crippen molar-refractivity contribution in [1.82, 2.24) is 14.8 Å². The number of aromatic carboxylic acids is 1. The van der Waals surface area contributed by atoms with Gasteiger partial charge in [0.1, 0.15) is 0 Å². The molecule has 0 spiro atoms. The number of aryl methyl sites for hydroxylation is 2. The zero-order chi connectivity index (χ0) is 14.3. The molecule has 0 fully saturated rings. The quantitative estimate of drug-likeness (QED) is 0.775. The summed E-state index contributed by atoms with van der Waals surface area (Å²) < 4.78 is 1.70. The van der Waals surface area contributed by atoms with E-state index in [9.17, 15) is 4.79 Å². The van der Waals surface area contributed by atoms with E-state index in [1.54, 1.807) is 10.7 Å². The van der Waals surface area contributed by atoms with E-state index in [2.05, 4.69) is 10.1 Å². The Balaban J connectivity index is 2.33. The molecule has 0 unspecified atom stereocenters. The molecular weight excluding hydrogens is 254 g/mol. The highest BCUT2D eigenvalue weighted by Crippen LogP contribution is 2.22. The molecule has 0 atom stereocenters. The molecule has 0 radical (unpaired) electrons. The Morgan fingerprint density at radius 2 is 1.90 bits per heavy atom. The third-order valence-electron chi connectivity index (χ3n) is 3.28. The summed E-state index contributed by atoms with van der Waals surface area (Å²) in [6, 6.07) is 11.1. The standard InChI is InChI=1S/C15H13N3O2/c1-9-5-3-4-6-13(9)18-14-11(10(2)17-18)7-8-12(16-14)15(19)20/h3-8H,1-2H3,(H,19,20). The van der Waals surface area contributed by atoms with Crippen LogP contribution in [0.1, 0.15) is 21.7 Å². The van der Waals surface area contributed by atoms with Crippen molar-refractivity contribution in [3.05, 3.63) is 53.3 Å². The number of rotatable bonds is 2. The summed E-state index contributed by atoms with van der Waals surface area (Å²) in [7, 11) is 0. The van der Waals surface area contributed by atoms with E-state index in [4.69, 9.17) is 5.11 Å². The summed E-state index contributed by atoms with van der Waals surface area (Å²) >= 11 is 0. The number of carboxylic acids is 1. The van der Waals surface area contributed by atoms with E-state index in [1.165, 1.54) is 6.07 Å². The van der Waals surface area contributed by atoms with Crippen LogP contribution in [0, 0.1) is 13.8 Å². The van der Waals surface area contributed by atoms with Gasteiger partial charge in [0, 0.05) is 5.39 Å². The van der Waals surface area contributed by atoms with Crippen LogP contribution in [0.3, 0.4) is 0 Å². The van der Waals surface area contributed by atoms with E-state index in [1.807, 2.05) is 38.1 Å². The highest BCUT2D eigenvalue weighted by molar-refractivity contribution is 5.90. The van der Waals surface area contributed by atoms with Crippen LogP contribution in [0.25, 0.3) is 16.7 Å². The van der Waals surface area contributed by atoms with Crippen molar-refractivity contribution >= 4 is 17.0 Å². The lowest BCUT2D eigenvalue weighted by molar-refractivity contribution is 0.0691. The maximum Gasteiger partial charge on any atom is 0.354 e. The highest BCUT2D eigenvalue weighted by Gasteiger charge is 2.14. The number of hydrogen-bond acceptors (Lipinski definition) is 3. The molecule has 0 amide bonds. The Morgan fingerprint density at radius 3 is 2.60 bits per heavy atom. The summed E-state index contributed by atoms with van der Waals surface area (Å²) in [5, 5.41) is 14.4. The van der Waals surface area contributed by atoms with Crippen molar-refractivity contribution in [1.29, 1.82) is 0 Å². The number of para-hydroxylation sites is 1. The number of nitrogens with zero attached hydrogens (tertiary/aromatic N) is 3. The molecule has 0 saturated heterocycles. The lowest BCUT2D eigenvalue weighted by Crippen LogP contribution is -2.04. The van der Waals surface area contributed by atoms with Crippen LogP contribution in [-0.2, 0) is 0 Å². The maximum absolute atomic E-state index is 11.1. The minimum Gasteiger partial charge on any atom is -0.477 e. The fourth-order valence-electron chi connectivity index (χ4n) is 2.23. The number of carboxylic acid groups (broad SMARTS) is 1. The average molecular weight is 267 g/mol. The zero-order valence-corrected chi connectivity index (χ0v) is 11.2. The summed E-state index contributed by atoms with van der Waals surface area (Å²) in [4.78, 5) is 15.3. The van der Waals surface area contributed by atoms with Gasteiger partial charge in [-0.1, -0.05) is 18.2 Å². The second-order valence-electron chi connectivity index (χ2n) is 4.66. The minimum absolute atomic E-state index is 0.0206. The second kappa shape index (κ2) is 4.45. The Bertz CT molecular complexity index is 821. The van der Waals surface area contributed by atoms with E-state index < -0.39 is 5.97 Å². The van der Waals surface area contributed by atoms with E-state index in [-0.39, 0.29) is 5.69 Å². The first kappa shape index (κ1) is 12.3. The van der Waals surface area contributed by atoms with Gasteiger partial charge < -0.3 is 5.11 Å². The van der Waals surface area contributed by atoms with Crippen molar-refractivity contribution in [2.45, 2.75) is 13.8 Å². The molecule has 5 nitrogen and oxygen atoms in total. The molecule has 0 bridgehead atoms. The van der Waals surface area contributed by atoms with Crippen LogP contribution < -0.4 is 0 Å². The predicted octanol–water partition coefficient (Wildman–Crippen LogP) is 2.74. The van der Waals surface area contributed by atoms with Crippen molar-refractivity contribution < 1.29 is 9.90 Å². The van der Waals surface area contributed by atoms with Gasteiger partial charge in [0.25, 0.3) is 0 Å². The number of carbonyl (C=O) groups is 1. The van der Waals surface area contributed by atoms with Crippen molar-refractivity contribution in [3.8, 4) is 5.69 Å². The lowest BCUT2D eigenvalue weighted by Gasteiger charge is -2.06. The first-order chi connectivity index (χ1) is 9.58. The van der Waals surface area contributed by atoms with Gasteiger partial charge in [0.15, 0.2) is 11.3 Å². The fraction of sp³-hybridized carbons (Fsp3) is 0.133. The largest absolute Gasteiger partial charge is 0.477 e. The SMILES string of the molecule is Cc1ccccc1-n1nc(C)c2ccc(C(=O)O)nc21. The normalized spacial score (nSPS) is 10.9. The van der Waals surface area contributed by atoms with Crippen LogP contribution in [0.4, 0.5) is 0 Å². The maximum atomic E-state index is 11.1. The Morgan fingerprint density at radius 1 is 1.15 bits per heavy atom. The molecule has 3 rings (SSSR count). The average Bonchev–Trinajstić information content (AvgIpc) is 2.76. The molecular formula is C15H13N3O2. The van der Waals surface area contributed by atoms with Crippen molar-refractivity contribution in [2.75, 3.05) is 0 Å². The Kier molecular flexibility index (Phi) is 2.75. The first-order valence-electron chi connectivity index (χ1n) is 6.23. The molecule has 0 aliphatic heterocycles. The monoisotopic (exact) mass is 267 g/mol. The molecule has 3 aromatic rings. The third kappa shape index (κ3) is 1.84. The van der Waals surface area contributed by atoms with Gasteiger partial charge in [-0.25, -0.2) is 14.5 Å². The molecule has 2 heterocycles. The molecule has 0 aliphatic rings. The van der Waals surface area contributed by atoms with Gasteiger partial charge in [-0.2, -0.15) is 5.10 Å². The van der Waals surface area contributed by atoms with E-state index in [0.29, 0.717) is 5.65 Å². The van der Waals surface area contributed by atoms with E-state index >= 15 is 0 Å². The third-order valence-corrected chi connectivity index (χ3v) is 3.28. The fourth-order valence-corrected chi connectivity index (χ4v) is 2.23. The summed E-state index contributed by atoms with van der Waals surface area (Å²) in [5.74, 6) is -1.04. The van der Waals surface area contributed by atoms with Crippen LogP contribution in [-0.4, -0.2) is 25.8 Å². The molecule has 0 saturated carbocycles. The molecule has 20 heavy (non-hydrogen) atoms. The highest BCUT2D eigenvalue weighted by atomic mass is 16.4. The summed E-state index contributed by atoms with van der Waals surface area (Å²) in [5.41, 5.74) is 3.37. The lowest BCUT2D eigenvalue weighted by atomic mass is 10.2. The smallest absolute Gasteiger partial charge is 0.354 e. The van der Waals surface area contributed by atoms with Gasteiger partial charge in [-0.05, 0) is 37.6 Å². The van der Waals surface area contributed by atoms with Crippen LogP contribution in [0.2, 0.25) is 0 Å². The molecule has 2 aromatic heterocycles. The molecule has 0 aliphatic carbocycles.